The molecule has 9 heteroatoms. The number of amides is 2. The lowest BCUT2D eigenvalue weighted by molar-refractivity contribution is -0.134. The molecule has 1 saturated carbocycles. The van der Waals surface area contributed by atoms with Crippen LogP contribution in [0, 0.1) is 11.8 Å². The maximum Gasteiger partial charge on any atom is 0.243 e. The molecule has 0 radical (unpaired) electrons. The van der Waals surface area contributed by atoms with Crippen molar-refractivity contribution in [2.24, 2.45) is 11.8 Å². The average Bonchev–Trinajstić information content (AvgIpc) is 3.36. The number of nitrogens with one attached hydrogen (secondary N) is 1. The maximum atomic E-state index is 12.6. The van der Waals surface area contributed by atoms with Crippen LogP contribution < -0.4 is 5.32 Å². The Morgan fingerprint density at radius 2 is 1.73 bits per heavy atom. The number of halogens is 1. The second-order valence-corrected chi connectivity index (χ2v) is 9.15. The molecular formula is C17H22ClN3O4S. The number of rotatable bonds is 5. The predicted molar refractivity (Wildman–Crippen MR) is 97.1 cm³/mol. The maximum absolute atomic E-state index is 12.6. The quantitative estimate of drug-likeness (QED) is 0.798. The van der Waals surface area contributed by atoms with Gasteiger partial charge in [0.15, 0.2) is 0 Å². The van der Waals surface area contributed by atoms with E-state index in [9.17, 15) is 18.0 Å². The Morgan fingerprint density at radius 3 is 2.27 bits per heavy atom. The number of carbonyl (C=O) groups excluding carboxylic acids is 2. The summed E-state index contributed by atoms with van der Waals surface area (Å²) in [6, 6.07) is 6.03. The summed E-state index contributed by atoms with van der Waals surface area (Å²) in [7, 11) is -3.60. The van der Waals surface area contributed by atoms with Crippen molar-refractivity contribution in [3.05, 3.63) is 29.3 Å². The van der Waals surface area contributed by atoms with Gasteiger partial charge >= 0.3 is 0 Å². The van der Waals surface area contributed by atoms with E-state index in [0.717, 1.165) is 6.42 Å². The molecule has 26 heavy (non-hydrogen) atoms. The summed E-state index contributed by atoms with van der Waals surface area (Å²) < 4.78 is 26.6. The highest BCUT2D eigenvalue weighted by Gasteiger charge is 2.39. The highest BCUT2D eigenvalue weighted by molar-refractivity contribution is 7.89. The molecule has 1 aliphatic carbocycles. The summed E-state index contributed by atoms with van der Waals surface area (Å²) in [6.45, 7) is 3.04. The fourth-order valence-corrected chi connectivity index (χ4v) is 4.57. The monoisotopic (exact) mass is 399 g/mol. The number of piperazine rings is 1. The standard InChI is InChI=1S/C17H22ClN3O4S/c1-12-10-15(12)17(23)19-11-16(22)20-6-8-21(9-7-20)26(24,25)14-4-2-13(18)3-5-14/h2-5,12,15H,6-11H2,1H3,(H,19,23). The first kappa shape index (κ1) is 19.1. The van der Waals surface area contributed by atoms with Crippen LogP contribution in [0.25, 0.3) is 0 Å². The molecule has 3 rings (SSSR count). The number of hydrogen-bond acceptors (Lipinski definition) is 4. The van der Waals surface area contributed by atoms with E-state index in [4.69, 9.17) is 11.6 Å². The Balaban J connectivity index is 1.51. The third kappa shape index (κ3) is 4.19. The molecule has 0 bridgehead atoms. The fraction of sp³-hybridized carbons (Fsp3) is 0.529. The van der Waals surface area contributed by atoms with E-state index in [1.165, 1.54) is 28.6 Å². The number of hydrogen-bond donors (Lipinski definition) is 1. The van der Waals surface area contributed by atoms with Gasteiger partial charge in [0, 0.05) is 37.1 Å². The topological polar surface area (TPSA) is 86.8 Å². The van der Waals surface area contributed by atoms with Crippen LogP contribution in [0.5, 0.6) is 0 Å². The van der Waals surface area contributed by atoms with Gasteiger partial charge in [-0.25, -0.2) is 8.42 Å². The van der Waals surface area contributed by atoms with Crippen molar-refractivity contribution in [2.45, 2.75) is 18.2 Å². The van der Waals surface area contributed by atoms with Gasteiger partial charge in [0.05, 0.1) is 11.4 Å². The van der Waals surface area contributed by atoms with Crippen LogP contribution in [-0.4, -0.2) is 62.2 Å². The van der Waals surface area contributed by atoms with E-state index in [1.54, 1.807) is 4.90 Å². The Bertz CT molecular complexity index is 789. The van der Waals surface area contributed by atoms with Gasteiger partial charge in [-0.2, -0.15) is 4.31 Å². The Kier molecular flexibility index (Phi) is 5.55. The minimum atomic E-state index is -3.60. The molecule has 1 aliphatic heterocycles. The van der Waals surface area contributed by atoms with Gasteiger partial charge in [-0.15, -0.1) is 0 Å². The molecule has 2 fully saturated rings. The molecule has 0 spiro atoms. The summed E-state index contributed by atoms with van der Waals surface area (Å²) in [4.78, 5) is 25.8. The van der Waals surface area contributed by atoms with Crippen molar-refractivity contribution in [2.75, 3.05) is 32.7 Å². The summed E-state index contributed by atoms with van der Waals surface area (Å²) in [6.07, 6.45) is 0.876. The van der Waals surface area contributed by atoms with Gasteiger partial charge in [-0.1, -0.05) is 18.5 Å². The van der Waals surface area contributed by atoms with Crippen LogP contribution in [0.3, 0.4) is 0 Å². The molecule has 1 heterocycles. The van der Waals surface area contributed by atoms with Crippen molar-refractivity contribution in [3.63, 3.8) is 0 Å². The third-order valence-electron chi connectivity index (χ3n) is 4.90. The number of sulfonamides is 1. The molecule has 142 valence electrons. The van der Waals surface area contributed by atoms with Crippen molar-refractivity contribution < 1.29 is 18.0 Å². The van der Waals surface area contributed by atoms with E-state index < -0.39 is 10.0 Å². The first-order valence-corrected chi connectivity index (χ1v) is 10.4. The lowest BCUT2D eigenvalue weighted by Gasteiger charge is -2.34. The van der Waals surface area contributed by atoms with Crippen molar-refractivity contribution >= 4 is 33.4 Å². The van der Waals surface area contributed by atoms with Crippen LogP contribution in [0.4, 0.5) is 0 Å². The first-order chi connectivity index (χ1) is 12.3. The Labute approximate surface area is 158 Å². The van der Waals surface area contributed by atoms with E-state index in [2.05, 4.69) is 5.32 Å². The van der Waals surface area contributed by atoms with E-state index in [0.29, 0.717) is 24.0 Å². The number of carbonyl (C=O) groups is 2. The fourth-order valence-electron chi connectivity index (χ4n) is 3.03. The summed E-state index contributed by atoms with van der Waals surface area (Å²) in [5.74, 6) is 0.167. The zero-order chi connectivity index (χ0) is 18.9. The average molecular weight is 400 g/mol. The Hall–Kier alpha value is -1.64. The molecule has 2 unspecified atom stereocenters. The van der Waals surface area contributed by atoms with Crippen molar-refractivity contribution in [3.8, 4) is 0 Å². The summed E-state index contributed by atoms with van der Waals surface area (Å²) in [5.41, 5.74) is 0. The first-order valence-electron chi connectivity index (χ1n) is 8.60. The lowest BCUT2D eigenvalue weighted by Crippen LogP contribution is -2.52. The molecule has 1 aromatic rings. The molecule has 2 atom stereocenters. The zero-order valence-electron chi connectivity index (χ0n) is 14.5. The zero-order valence-corrected chi connectivity index (χ0v) is 16.1. The smallest absolute Gasteiger partial charge is 0.243 e. The van der Waals surface area contributed by atoms with Gasteiger partial charge < -0.3 is 10.2 Å². The van der Waals surface area contributed by atoms with Gasteiger partial charge in [0.1, 0.15) is 0 Å². The van der Waals surface area contributed by atoms with Crippen molar-refractivity contribution in [1.82, 2.24) is 14.5 Å². The van der Waals surface area contributed by atoms with Gasteiger partial charge in [-0.3, -0.25) is 9.59 Å². The van der Waals surface area contributed by atoms with Crippen LogP contribution >= 0.6 is 11.6 Å². The summed E-state index contributed by atoms with van der Waals surface area (Å²) >= 11 is 5.80. The van der Waals surface area contributed by atoms with Crippen LogP contribution in [-0.2, 0) is 19.6 Å². The number of benzene rings is 1. The van der Waals surface area contributed by atoms with Crippen LogP contribution in [0.15, 0.2) is 29.2 Å². The molecule has 0 aromatic heterocycles. The summed E-state index contributed by atoms with van der Waals surface area (Å²) in [5, 5.41) is 3.14. The van der Waals surface area contributed by atoms with Gasteiger partial charge in [-0.05, 0) is 36.6 Å². The molecule has 2 aliphatic rings. The molecular weight excluding hydrogens is 378 g/mol. The minimum absolute atomic E-state index is 0.0316. The van der Waals surface area contributed by atoms with E-state index in [1.807, 2.05) is 6.92 Å². The highest BCUT2D eigenvalue weighted by atomic mass is 35.5. The van der Waals surface area contributed by atoms with E-state index in [-0.39, 0.29) is 42.3 Å². The third-order valence-corrected chi connectivity index (χ3v) is 7.07. The molecule has 1 saturated heterocycles. The lowest BCUT2D eigenvalue weighted by atomic mass is 10.3. The largest absolute Gasteiger partial charge is 0.347 e. The minimum Gasteiger partial charge on any atom is -0.347 e. The molecule has 7 nitrogen and oxygen atoms in total. The Morgan fingerprint density at radius 1 is 1.15 bits per heavy atom. The second-order valence-electron chi connectivity index (χ2n) is 6.78. The van der Waals surface area contributed by atoms with Gasteiger partial charge in [0.2, 0.25) is 21.8 Å². The van der Waals surface area contributed by atoms with E-state index >= 15 is 0 Å². The molecule has 1 aromatic carbocycles. The highest BCUT2D eigenvalue weighted by Crippen LogP contribution is 2.37. The van der Waals surface area contributed by atoms with Crippen molar-refractivity contribution in [1.29, 1.82) is 0 Å². The van der Waals surface area contributed by atoms with Gasteiger partial charge in [0.25, 0.3) is 0 Å². The second kappa shape index (κ2) is 7.54. The SMILES string of the molecule is CC1CC1C(=O)NCC(=O)N1CCN(S(=O)(=O)c2ccc(Cl)cc2)CC1. The van der Waals surface area contributed by atoms with Crippen LogP contribution in [0.1, 0.15) is 13.3 Å². The normalized spacial score (nSPS) is 23.5. The van der Waals surface area contributed by atoms with Crippen LogP contribution in [0.2, 0.25) is 5.02 Å². The predicted octanol–water partition coefficient (Wildman–Crippen LogP) is 0.945. The molecule has 2 amide bonds. The number of nitrogens with zero attached hydrogens (tertiary/aromatic N) is 2. The molecule has 1 N–H and O–H groups in total.